The maximum Gasteiger partial charge on any atom is 0.273 e. The van der Waals surface area contributed by atoms with Gasteiger partial charge in [-0.15, -0.1) is 0 Å². The molecule has 0 spiro atoms. The fourth-order valence-electron chi connectivity index (χ4n) is 1.88. The van der Waals surface area contributed by atoms with Crippen molar-refractivity contribution in [3.63, 3.8) is 0 Å². The Morgan fingerprint density at radius 3 is 2.80 bits per heavy atom. The number of imidazole rings is 1. The molecule has 7 heteroatoms. The first-order valence-electron chi connectivity index (χ1n) is 6.36. The third-order valence-electron chi connectivity index (χ3n) is 2.90. The third kappa shape index (κ3) is 3.71. The van der Waals surface area contributed by atoms with Gasteiger partial charge in [-0.05, 0) is 12.5 Å². The van der Waals surface area contributed by atoms with E-state index in [2.05, 4.69) is 15.6 Å². The van der Waals surface area contributed by atoms with Crippen molar-refractivity contribution in [3.05, 3.63) is 47.0 Å². The Kier molecular flexibility index (Phi) is 4.54. The average molecular weight is 275 g/mol. The minimum atomic E-state index is -0.391. The number of nitrogens with zero attached hydrogens (tertiary/aromatic N) is 3. The SMILES string of the molecule is CNc1cc(NCCCn2ccnc2)cc([N+](=O)[O-])c1. The zero-order valence-corrected chi connectivity index (χ0v) is 11.2. The first kappa shape index (κ1) is 13.9. The first-order valence-corrected chi connectivity index (χ1v) is 6.36. The van der Waals surface area contributed by atoms with Gasteiger partial charge in [-0.3, -0.25) is 10.1 Å². The van der Waals surface area contributed by atoms with Gasteiger partial charge in [0.25, 0.3) is 5.69 Å². The van der Waals surface area contributed by atoms with Gasteiger partial charge in [-0.2, -0.15) is 0 Å². The van der Waals surface area contributed by atoms with Gasteiger partial charge in [0.15, 0.2) is 0 Å². The molecule has 0 aliphatic rings. The summed E-state index contributed by atoms with van der Waals surface area (Å²) in [4.78, 5) is 14.4. The highest BCUT2D eigenvalue weighted by molar-refractivity contribution is 5.63. The highest BCUT2D eigenvalue weighted by Crippen LogP contribution is 2.23. The summed E-state index contributed by atoms with van der Waals surface area (Å²) in [5, 5.41) is 17.0. The molecule has 1 heterocycles. The van der Waals surface area contributed by atoms with Crippen molar-refractivity contribution < 1.29 is 4.92 Å². The lowest BCUT2D eigenvalue weighted by Crippen LogP contribution is -2.06. The lowest BCUT2D eigenvalue weighted by molar-refractivity contribution is -0.384. The summed E-state index contributed by atoms with van der Waals surface area (Å²) in [7, 11) is 1.74. The molecule has 0 amide bonds. The Morgan fingerprint density at radius 1 is 1.35 bits per heavy atom. The highest BCUT2D eigenvalue weighted by atomic mass is 16.6. The van der Waals surface area contributed by atoms with E-state index in [0.717, 1.165) is 30.9 Å². The minimum Gasteiger partial charge on any atom is -0.388 e. The molecule has 20 heavy (non-hydrogen) atoms. The molecular weight excluding hydrogens is 258 g/mol. The fraction of sp³-hybridized carbons (Fsp3) is 0.308. The second kappa shape index (κ2) is 6.55. The van der Waals surface area contributed by atoms with E-state index < -0.39 is 4.92 Å². The van der Waals surface area contributed by atoms with Crippen LogP contribution in [0, 0.1) is 10.1 Å². The van der Waals surface area contributed by atoms with Crippen molar-refractivity contribution >= 4 is 17.1 Å². The van der Waals surface area contributed by atoms with Crippen LogP contribution in [0.3, 0.4) is 0 Å². The number of rotatable bonds is 7. The Bertz CT molecular complexity index is 568. The summed E-state index contributed by atoms with van der Waals surface area (Å²) in [6.07, 6.45) is 6.33. The average Bonchev–Trinajstić information content (AvgIpc) is 2.96. The number of hydrogen-bond donors (Lipinski definition) is 2. The Labute approximate surface area is 116 Å². The van der Waals surface area contributed by atoms with Crippen LogP contribution in [-0.2, 0) is 6.54 Å². The van der Waals surface area contributed by atoms with Crippen LogP contribution in [0.1, 0.15) is 6.42 Å². The Balaban J connectivity index is 1.91. The molecular formula is C13H17N5O2. The third-order valence-corrected chi connectivity index (χ3v) is 2.90. The Morgan fingerprint density at radius 2 is 2.15 bits per heavy atom. The predicted molar refractivity (Wildman–Crippen MR) is 78.0 cm³/mol. The number of aryl methyl sites for hydroxylation is 1. The number of nitrogens with one attached hydrogen (secondary N) is 2. The maximum absolute atomic E-state index is 10.8. The largest absolute Gasteiger partial charge is 0.388 e. The number of nitro benzene ring substituents is 1. The normalized spacial score (nSPS) is 10.2. The molecule has 2 aromatic rings. The number of benzene rings is 1. The summed E-state index contributed by atoms with van der Waals surface area (Å²) >= 11 is 0. The number of non-ortho nitro benzene ring substituents is 1. The number of nitro groups is 1. The molecule has 1 aromatic carbocycles. The van der Waals surface area contributed by atoms with Crippen LogP contribution in [0.2, 0.25) is 0 Å². The van der Waals surface area contributed by atoms with Gasteiger partial charge >= 0.3 is 0 Å². The van der Waals surface area contributed by atoms with E-state index in [0.29, 0.717) is 0 Å². The monoisotopic (exact) mass is 275 g/mol. The lowest BCUT2D eigenvalue weighted by Gasteiger charge is -2.09. The van der Waals surface area contributed by atoms with Crippen LogP contribution in [0.5, 0.6) is 0 Å². The lowest BCUT2D eigenvalue weighted by atomic mass is 10.2. The number of aromatic nitrogens is 2. The quantitative estimate of drug-likeness (QED) is 0.460. The topological polar surface area (TPSA) is 85.0 Å². The first-order chi connectivity index (χ1) is 9.69. The molecule has 0 bridgehead atoms. The smallest absolute Gasteiger partial charge is 0.273 e. The van der Waals surface area contributed by atoms with Crippen molar-refractivity contribution in [3.8, 4) is 0 Å². The molecule has 0 saturated heterocycles. The molecule has 7 nitrogen and oxygen atoms in total. The van der Waals surface area contributed by atoms with Gasteiger partial charge in [0.2, 0.25) is 0 Å². The highest BCUT2D eigenvalue weighted by Gasteiger charge is 2.08. The molecule has 0 aliphatic heterocycles. The minimum absolute atomic E-state index is 0.0777. The van der Waals surface area contributed by atoms with E-state index in [-0.39, 0.29) is 5.69 Å². The van der Waals surface area contributed by atoms with E-state index >= 15 is 0 Å². The molecule has 2 N–H and O–H groups in total. The van der Waals surface area contributed by atoms with Crippen molar-refractivity contribution in [1.82, 2.24) is 9.55 Å². The van der Waals surface area contributed by atoms with Gasteiger partial charge in [-0.25, -0.2) is 4.98 Å². The molecule has 1 aromatic heterocycles. The number of anilines is 2. The summed E-state index contributed by atoms with van der Waals surface area (Å²) in [6.45, 7) is 1.60. The molecule has 0 aliphatic carbocycles. The predicted octanol–water partition coefficient (Wildman–Crippen LogP) is 2.34. The van der Waals surface area contributed by atoms with Gasteiger partial charge in [0, 0.05) is 56.0 Å². The molecule has 0 radical (unpaired) electrons. The van der Waals surface area contributed by atoms with Crippen molar-refractivity contribution in [2.24, 2.45) is 0 Å². The van der Waals surface area contributed by atoms with Crippen LogP contribution >= 0.6 is 0 Å². The van der Waals surface area contributed by atoms with E-state index in [1.165, 1.54) is 12.1 Å². The van der Waals surface area contributed by atoms with Crippen LogP contribution in [0.15, 0.2) is 36.9 Å². The summed E-state index contributed by atoms with van der Waals surface area (Å²) < 4.78 is 1.99. The van der Waals surface area contributed by atoms with E-state index in [1.807, 2.05) is 16.8 Å². The summed E-state index contributed by atoms with van der Waals surface area (Å²) in [5.74, 6) is 0. The zero-order chi connectivity index (χ0) is 14.4. The Hall–Kier alpha value is -2.57. The van der Waals surface area contributed by atoms with Crippen molar-refractivity contribution in [1.29, 1.82) is 0 Å². The molecule has 0 fully saturated rings. The van der Waals surface area contributed by atoms with Crippen LogP contribution in [0.25, 0.3) is 0 Å². The van der Waals surface area contributed by atoms with Gasteiger partial charge in [-0.1, -0.05) is 0 Å². The summed E-state index contributed by atoms with van der Waals surface area (Å²) in [5.41, 5.74) is 1.54. The van der Waals surface area contributed by atoms with E-state index in [1.54, 1.807) is 19.6 Å². The van der Waals surface area contributed by atoms with Crippen molar-refractivity contribution in [2.75, 3.05) is 24.2 Å². The van der Waals surface area contributed by atoms with E-state index in [4.69, 9.17) is 0 Å². The van der Waals surface area contributed by atoms with Crippen LogP contribution in [0.4, 0.5) is 17.1 Å². The van der Waals surface area contributed by atoms with Gasteiger partial charge in [0.1, 0.15) is 0 Å². The van der Waals surface area contributed by atoms with Gasteiger partial charge in [0.05, 0.1) is 11.3 Å². The van der Waals surface area contributed by atoms with Crippen LogP contribution < -0.4 is 10.6 Å². The molecule has 0 atom stereocenters. The van der Waals surface area contributed by atoms with E-state index in [9.17, 15) is 10.1 Å². The molecule has 0 unspecified atom stereocenters. The maximum atomic E-state index is 10.8. The second-order valence-corrected chi connectivity index (χ2v) is 4.36. The molecule has 106 valence electrons. The van der Waals surface area contributed by atoms with Crippen molar-refractivity contribution in [2.45, 2.75) is 13.0 Å². The van der Waals surface area contributed by atoms with Gasteiger partial charge < -0.3 is 15.2 Å². The van der Waals surface area contributed by atoms with Crippen LogP contribution in [-0.4, -0.2) is 28.1 Å². The fourth-order valence-corrected chi connectivity index (χ4v) is 1.88. The number of hydrogen-bond acceptors (Lipinski definition) is 5. The molecule has 0 saturated carbocycles. The molecule has 2 rings (SSSR count). The second-order valence-electron chi connectivity index (χ2n) is 4.36. The zero-order valence-electron chi connectivity index (χ0n) is 11.2. The standard InChI is InChI=1S/C13H17N5O2/c1-14-11-7-12(9-13(8-11)18(19)20)16-3-2-5-17-6-4-15-10-17/h4,6-10,14,16H,2-3,5H2,1H3. The summed E-state index contributed by atoms with van der Waals surface area (Å²) in [6, 6.07) is 4.90.